The van der Waals surface area contributed by atoms with E-state index < -0.39 is 15.8 Å². The predicted molar refractivity (Wildman–Crippen MR) is 72.2 cm³/mol. The van der Waals surface area contributed by atoms with Gasteiger partial charge in [0.15, 0.2) is 5.13 Å². The fraction of sp³-hybridized carbons (Fsp3) is 0.100. The van der Waals surface area contributed by atoms with Crippen LogP contribution in [0, 0.1) is 0 Å². The van der Waals surface area contributed by atoms with Crippen molar-refractivity contribution in [2.24, 2.45) is 0 Å². The first-order valence-electron chi connectivity index (χ1n) is 5.14. The van der Waals surface area contributed by atoms with E-state index in [0.29, 0.717) is 11.3 Å². The molecule has 0 amide bonds. The number of halogens is 2. The first kappa shape index (κ1) is 14.5. The van der Waals surface area contributed by atoms with Crippen molar-refractivity contribution >= 4 is 32.2 Å². The standard InChI is InChI=1S/C10H9F2N3O3S2/c11-9(12)20(17,18)15-10-14-7(4-19-10)5-1-2-8(16)6(13)3-5/h1-4,9,16H,13H2,(H,14,15). The van der Waals surface area contributed by atoms with Crippen LogP contribution in [0.5, 0.6) is 5.75 Å². The number of phenols is 1. The summed E-state index contributed by atoms with van der Waals surface area (Å²) in [5, 5.41) is 10.6. The second-order valence-electron chi connectivity index (χ2n) is 3.72. The number of nitrogens with one attached hydrogen (secondary N) is 1. The molecule has 0 saturated heterocycles. The van der Waals surface area contributed by atoms with Gasteiger partial charge in [-0.15, -0.1) is 11.3 Å². The summed E-state index contributed by atoms with van der Waals surface area (Å²) in [4.78, 5) is 3.88. The summed E-state index contributed by atoms with van der Waals surface area (Å²) in [5.74, 6) is -3.62. The molecular weight excluding hydrogens is 312 g/mol. The van der Waals surface area contributed by atoms with Crippen molar-refractivity contribution < 1.29 is 22.3 Å². The molecule has 0 bridgehead atoms. The first-order valence-corrected chi connectivity index (χ1v) is 7.56. The molecule has 0 spiro atoms. The van der Waals surface area contributed by atoms with Gasteiger partial charge in [-0.2, -0.15) is 8.78 Å². The van der Waals surface area contributed by atoms with Crippen LogP contribution in [0.15, 0.2) is 23.6 Å². The summed E-state index contributed by atoms with van der Waals surface area (Å²) in [5.41, 5.74) is 6.53. The molecule has 1 aromatic carbocycles. The molecule has 108 valence electrons. The highest BCUT2D eigenvalue weighted by Crippen LogP contribution is 2.30. The zero-order chi connectivity index (χ0) is 14.9. The highest BCUT2D eigenvalue weighted by atomic mass is 32.2. The van der Waals surface area contributed by atoms with Gasteiger partial charge in [-0.1, -0.05) is 0 Å². The van der Waals surface area contributed by atoms with E-state index in [-0.39, 0.29) is 16.6 Å². The van der Waals surface area contributed by atoms with Crippen molar-refractivity contribution in [1.29, 1.82) is 0 Å². The SMILES string of the molecule is Nc1cc(-c2csc(NS(=O)(=O)C(F)F)n2)ccc1O. The Morgan fingerprint density at radius 2 is 2.10 bits per heavy atom. The van der Waals surface area contributed by atoms with E-state index in [4.69, 9.17) is 5.73 Å². The molecule has 0 unspecified atom stereocenters. The number of sulfonamides is 1. The van der Waals surface area contributed by atoms with Crippen molar-refractivity contribution in [2.75, 3.05) is 10.5 Å². The maximum Gasteiger partial charge on any atom is 0.355 e. The lowest BCUT2D eigenvalue weighted by atomic mass is 10.1. The highest BCUT2D eigenvalue weighted by Gasteiger charge is 2.25. The Morgan fingerprint density at radius 1 is 1.40 bits per heavy atom. The molecule has 0 fully saturated rings. The minimum absolute atomic E-state index is 0.0948. The van der Waals surface area contributed by atoms with Gasteiger partial charge in [0, 0.05) is 10.9 Å². The van der Waals surface area contributed by atoms with E-state index in [2.05, 4.69) is 4.98 Å². The number of phenolic OH excluding ortho intramolecular Hbond substituents is 1. The Kier molecular flexibility index (Phi) is 3.77. The molecule has 0 aliphatic heterocycles. The van der Waals surface area contributed by atoms with Gasteiger partial charge >= 0.3 is 5.76 Å². The van der Waals surface area contributed by atoms with Gasteiger partial charge in [0.05, 0.1) is 11.4 Å². The number of aromatic hydroxyl groups is 1. The molecule has 0 atom stereocenters. The van der Waals surface area contributed by atoms with Crippen LogP contribution >= 0.6 is 11.3 Å². The number of nitrogen functional groups attached to an aromatic ring is 1. The van der Waals surface area contributed by atoms with Crippen molar-refractivity contribution in [2.45, 2.75) is 5.76 Å². The minimum atomic E-state index is -4.74. The van der Waals surface area contributed by atoms with E-state index in [1.165, 1.54) is 23.6 Å². The van der Waals surface area contributed by atoms with E-state index in [0.717, 1.165) is 11.3 Å². The summed E-state index contributed by atoms with van der Waals surface area (Å²) in [7, 11) is -4.74. The van der Waals surface area contributed by atoms with Crippen LogP contribution in [0.2, 0.25) is 0 Å². The maximum absolute atomic E-state index is 12.2. The van der Waals surface area contributed by atoms with Gasteiger partial charge in [-0.3, -0.25) is 4.72 Å². The molecule has 0 radical (unpaired) electrons. The zero-order valence-electron chi connectivity index (χ0n) is 9.75. The average molecular weight is 321 g/mol. The van der Waals surface area contributed by atoms with Crippen LogP contribution in [-0.4, -0.2) is 24.3 Å². The number of thiazole rings is 1. The van der Waals surface area contributed by atoms with Gasteiger partial charge in [0.2, 0.25) is 0 Å². The Morgan fingerprint density at radius 3 is 2.70 bits per heavy atom. The van der Waals surface area contributed by atoms with E-state index in [9.17, 15) is 22.3 Å². The number of aromatic nitrogens is 1. The molecule has 1 heterocycles. The molecule has 20 heavy (non-hydrogen) atoms. The quantitative estimate of drug-likeness (QED) is 0.590. The zero-order valence-corrected chi connectivity index (χ0v) is 11.4. The Balaban J connectivity index is 2.27. The maximum atomic E-state index is 12.2. The number of benzene rings is 1. The third kappa shape index (κ3) is 2.96. The topological polar surface area (TPSA) is 105 Å². The summed E-state index contributed by atoms with van der Waals surface area (Å²) in [6.07, 6.45) is 0. The second-order valence-corrected chi connectivity index (χ2v) is 6.23. The fourth-order valence-electron chi connectivity index (χ4n) is 1.33. The van der Waals surface area contributed by atoms with Crippen LogP contribution in [0.1, 0.15) is 0 Å². The van der Waals surface area contributed by atoms with E-state index in [1.807, 2.05) is 0 Å². The number of nitrogens with two attached hydrogens (primary N) is 1. The summed E-state index contributed by atoms with van der Waals surface area (Å²) >= 11 is 0.861. The van der Waals surface area contributed by atoms with Crippen molar-refractivity contribution in [3.63, 3.8) is 0 Å². The van der Waals surface area contributed by atoms with Crippen LogP contribution in [0.3, 0.4) is 0 Å². The van der Waals surface area contributed by atoms with Gasteiger partial charge in [-0.05, 0) is 18.2 Å². The van der Waals surface area contributed by atoms with Gasteiger partial charge < -0.3 is 10.8 Å². The lowest BCUT2D eigenvalue weighted by molar-refractivity contribution is 0.236. The number of rotatable bonds is 4. The first-order chi connectivity index (χ1) is 9.29. The monoisotopic (exact) mass is 321 g/mol. The lowest BCUT2D eigenvalue weighted by Gasteiger charge is -2.03. The molecule has 1 aromatic heterocycles. The number of hydrogen-bond donors (Lipinski definition) is 3. The number of hydrogen-bond acceptors (Lipinski definition) is 6. The molecule has 6 nitrogen and oxygen atoms in total. The average Bonchev–Trinajstić information content (AvgIpc) is 2.80. The highest BCUT2D eigenvalue weighted by molar-refractivity contribution is 7.93. The van der Waals surface area contributed by atoms with Gasteiger partial charge in [-0.25, -0.2) is 13.4 Å². The summed E-state index contributed by atoms with van der Waals surface area (Å²) in [6, 6.07) is 4.31. The smallest absolute Gasteiger partial charge is 0.355 e. The lowest BCUT2D eigenvalue weighted by Crippen LogP contribution is -2.20. The van der Waals surface area contributed by atoms with Crippen molar-refractivity contribution in [1.82, 2.24) is 4.98 Å². The number of nitrogens with zero attached hydrogens (tertiary/aromatic N) is 1. The Hall–Kier alpha value is -1.94. The third-order valence-corrected chi connectivity index (χ3v) is 4.13. The van der Waals surface area contributed by atoms with Gasteiger partial charge in [0.25, 0.3) is 10.0 Å². The molecule has 2 rings (SSSR count). The molecule has 10 heteroatoms. The minimum Gasteiger partial charge on any atom is -0.506 e. The largest absolute Gasteiger partial charge is 0.506 e. The van der Waals surface area contributed by atoms with E-state index in [1.54, 1.807) is 4.72 Å². The predicted octanol–water partition coefficient (Wildman–Crippen LogP) is 2.06. The van der Waals surface area contributed by atoms with E-state index >= 15 is 0 Å². The summed E-state index contributed by atoms with van der Waals surface area (Å²) in [6.45, 7) is 0. The van der Waals surface area contributed by atoms with Crippen LogP contribution in [-0.2, 0) is 10.0 Å². The molecule has 4 N–H and O–H groups in total. The molecular formula is C10H9F2N3O3S2. The van der Waals surface area contributed by atoms with Crippen LogP contribution in [0.4, 0.5) is 19.6 Å². The Bertz CT molecular complexity index is 731. The molecule has 0 saturated carbocycles. The molecule has 2 aromatic rings. The molecule has 0 aliphatic carbocycles. The Labute approximate surface area is 116 Å². The normalized spacial score (nSPS) is 11.8. The third-order valence-electron chi connectivity index (χ3n) is 2.29. The van der Waals surface area contributed by atoms with Crippen LogP contribution < -0.4 is 10.5 Å². The number of anilines is 2. The van der Waals surface area contributed by atoms with Crippen molar-refractivity contribution in [3.05, 3.63) is 23.6 Å². The summed E-state index contributed by atoms with van der Waals surface area (Å²) < 4.78 is 48.1. The second kappa shape index (κ2) is 5.21. The number of alkyl halides is 2. The van der Waals surface area contributed by atoms with Crippen molar-refractivity contribution in [3.8, 4) is 17.0 Å². The van der Waals surface area contributed by atoms with Crippen LogP contribution in [0.25, 0.3) is 11.3 Å². The fourth-order valence-corrected chi connectivity index (χ4v) is 2.82. The van der Waals surface area contributed by atoms with Gasteiger partial charge in [0.1, 0.15) is 5.75 Å². The molecule has 0 aliphatic rings.